The molecule has 4 nitrogen and oxygen atoms in total. The van der Waals surface area contributed by atoms with Crippen molar-refractivity contribution in [2.45, 2.75) is 6.92 Å². The molecule has 0 spiro atoms. The van der Waals surface area contributed by atoms with Crippen molar-refractivity contribution >= 4 is 22.5 Å². The lowest BCUT2D eigenvalue weighted by Gasteiger charge is -2.04. The highest BCUT2D eigenvalue weighted by molar-refractivity contribution is 6.28. The van der Waals surface area contributed by atoms with Gasteiger partial charge in [0.25, 0.3) is 0 Å². The highest BCUT2D eigenvalue weighted by atomic mass is 35.5. The Bertz CT molecular complexity index is 671. The Labute approximate surface area is 103 Å². The first kappa shape index (κ1) is 10.2. The fraction of sp³-hybridized carbons (Fsp3) is 0.0833. The van der Waals surface area contributed by atoms with Crippen LogP contribution in [0, 0.1) is 6.92 Å². The smallest absolute Gasteiger partial charge is 0.223 e. The monoisotopic (exact) mass is 244 g/mol. The van der Waals surface area contributed by atoms with Gasteiger partial charge in [-0.3, -0.25) is 5.10 Å². The van der Waals surface area contributed by atoms with Crippen molar-refractivity contribution in [2.75, 3.05) is 0 Å². The quantitative estimate of drug-likeness (QED) is 0.670. The van der Waals surface area contributed by atoms with Gasteiger partial charge in [0.2, 0.25) is 5.28 Å². The molecule has 17 heavy (non-hydrogen) atoms. The van der Waals surface area contributed by atoms with Gasteiger partial charge in [-0.05, 0) is 36.2 Å². The Morgan fingerprint density at radius 3 is 2.82 bits per heavy atom. The number of benzene rings is 1. The van der Waals surface area contributed by atoms with Crippen LogP contribution in [0.1, 0.15) is 5.56 Å². The summed E-state index contributed by atoms with van der Waals surface area (Å²) in [6, 6.07) is 7.87. The number of aryl methyl sites for hydroxylation is 1. The Balaban J connectivity index is 2.38. The zero-order valence-corrected chi connectivity index (χ0v) is 9.86. The van der Waals surface area contributed by atoms with Crippen LogP contribution >= 0.6 is 11.6 Å². The third kappa shape index (κ3) is 1.76. The van der Waals surface area contributed by atoms with Crippen LogP contribution in [0.25, 0.3) is 22.3 Å². The summed E-state index contributed by atoms with van der Waals surface area (Å²) in [5.41, 5.74) is 3.60. The first-order valence-corrected chi connectivity index (χ1v) is 5.55. The molecular formula is C12H9ClN4. The van der Waals surface area contributed by atoms with Gasteiger partial charge in [-0.1, -0.05) is 12.1 Å². The molecule has 84 valence electrons. The molecule has 0 atom stereocenters. The summed E-state index contributed by atoms with van der Waals surface area (Å²) in [6.07, 6.45) is 1.69. The summed E-state index contributed by atoms with van der Waals surface area (Å²) < 4.78 is 0. The van der Waals surface area contributed by atoms with Gasteiger partial charge in [0.15, 0.2) is 0 Å². The summed E-state index contributed by atoms with van der Waals surface area (Å²) in [5, 5.41) is 8.02. The van der Waals surface area contributed by atoms with Gasteiger partial charge in [-0.15, -0.1) is 0 Å². The number of hydrogen-bond donors (Lipinski definition) is 1. The van der Waals surface area contributed by atoms with E-state index in [1.165, 1.54) is 0 Å². The highest BCUT2D eigenvalue weighted by Crippen LogP contribution is 2.26. The van der Waals surface area contributed by atoms with Crippen LogP contribution in [0.4, 0.5) is 0 Å². The number of nitrogens with zero attached hydrogens (tertiary/aromatic N) is 3. The fourth-order valence-corrected chi connectivity index (χ4v) is 1.98. The molecule has 3 aromatic rings. The van der Waals surface area contributed by atoms with Crippen molar-refractivity contribution in [2.24, 2.45) is 0 Å². The number of halogens is 1. The second-order valence-corrected chi connectivity index (χ2v) is 4.17. The van der Waals surface area contributed by atoms with Crippen LogP contribution in [-0.2, 0) is 0 Å². The number of fused-ring (bicyclic) bond motifs is 1. The Morgan fingerprint density at radius 1 is 1.18 bits per heavy atom. The third-order valence-electron chi connectivity index (χ3n) is 2.58. The molecular weight excluding hydrogens is 236 g/mol. The lowest BCUT2D eigenvalue weighted by atomic mass is 10.1. The zero-order valence-electron chi connectivity index (χ0n) is 9.11. The lowest BCUT2D eigenvalue weighted by Crippen LogP contribution is -1.92. The molecule has 0 bridgehead atoms. The van der Waals surface area contributed by atoms with E-state index in [0.717, 1.165) is 27.9 Å². The zero-order chi connectivity index (χ0) is 11.8. The van der Waals surface area contributed by atoms with Crippen molar-refractivity contribution < 1.29 is 0 Å². The predicted octanol–water partition coefficient (Wildman–Crippen LogP) is 2.98. The Hall–Kier alpha value is -1.94. The Morgan fingerprint density at radius 2 is 2.06 bits per heavy atom. The van der Waals surface area contributed by atoms with Gasteiger partial charge in [0, 0.05) is 11.6 Å². The van der Waals surface area contributed by atoms with E-state index in [4.69, 9.17) is 11.6 Å². The van der Waals surface area contributed by atoms with Gasteiger partial charge in [0.05, 0.1) is 11.2 Å². The topological polar surface area (TPSA) is 54.5 Å². The number of hydrogen-bond acceptors (Lipinski definition) is 3. The van der Waals surface area contributed by atoms with E-state index in [1.807, 2.05) is 31.2 Å². The molecule has 0 saturated carbocycles. The van der Waals surface area contributed by atoms with Crippen LogP contribution in [0.15, 0.2) is 30.5 Å². The molecule has 0 unspecified atom stereocenters. The second-order valence-electron chi connectivity index (χ2n) is 3.83. The molecule has 1 aromatic carbocycles. The summed E-state index contributed by atoms with van der Waals surface area (Å²) in [6.45, 7) is 2.02. The number of aromatic nitrogens is 4. The van der Waals surface area contributed by atoms with Crippen LogP contribution in [0.5, 0.6) is 0 Å². The van der Waals surface area contributed by atoms with Gasteiger partial charge in [0.1, 0.15) is 5.69 Å². The normalized spacial score (nSPS) is 10.9. The molecule has 5 heteroatoms. The van der Waals surface area contributed by atoms with Crippen LogP contribution in [0.2, 0.25) is 5.28 Å². The van der Waals surface area contributed by atoms with E-state index in [9.17, 15) is 0 Å². The van der Waals surface area contributed by atoms with Crippen molar-refractivity contribution in [1.29, 1.82) is 0 Å². The summed E-state index contributed by atoms with van der Waals surface area (Å²) in [4.78, 5) is 8.48. The average Bonchev–Trinajstić information content (AvgIpc) is 2.80. The maximum Gasteiger partial charge on any atom is 0.223 e. The van der Waals surface area contributed by atoms with Gasteiger partial charge < -0.3 is 0 Å². The molecule has 0 aliphatic heterocycles. The van der Waals surface area contributed by atoms with E-state index in [0.29, 0.717) is 0 Å². The minimum atomic E-state index is 0.243. The molecule has 0 saturated heterocycles. The molecule has 0 aliphatic rings. The molecule has 0 amide bonds. The summed E-state index contributed by atoms with van der Waals surface area (Å²) in [5.74, 6) is 0. The molecule has 0 radical (unpaired) electrons. The van der Waals surface area contributed by atoms with Crippen LogP contribution in [-0.4, -0.2) is 20.2 Å². The van der Waals surface area contributed by atoms with Gasteiger partial charge in [-0.25, -0.2) is 9.97 Å². The van der Waals surface area contributed by atoms with E-state index in [1.54, 1.807) is 6.20 Å². The number of aromatic amines is 1. The molecule has 1 N–H and O–H groups in total. The van der Waals surface area contributed by atoms with Crippen molar-refractivity contribution in [3.05, 3.63) is 41.3 Å². The van der Waals surface area contributed by atoms with Crippen LogP contribution < -0.4 is 0 Å². The van der Waals surface area contributed by atoms with Gasteiger partial charge >= 0.3 is 0 Å². The molecule has 0 aliphatic carbocycles. The summed E-state index contributed by atoms with van der Waals surface area (Å²) in [7, 11) is 0. The number of H-pyrrole nitrogens is 1. The molecule has 3 rings (SSSR count). The lowest BCUT2D eigenvalue weighted by molar-refractivity contribution is 1.08. The SMILES string of the molecule is Cc1ccc2c(-c3ccn[nH]3)nc(Cl)nc2c1. The Kier molecular flexibility index (Phi) is 2.30. The largest absolute Gasteiger partial charge is 0.276 e. The molecule has 2 heterocycles. The third-order valence-corrected chi connectivity index (χ3v) is 2.75. The van der Waals surface area contributed by atoms with Gasteiger partial charge in [-0.2, -0.15) is 5.10 Å². The molecule has 2 aromatic heterocycles. The van der Waals surface area contributed by atoms with E-state index >= 15 is 0 Å². The summed E-state index contributed by atoms with van der Waals surface area (Å²) >= 11 is 5.94. The average molecular weight is 245 g/mol. The first-order valence-electron chi connectivity index (χ1n) is 5.18. The van der Waals surface area contributed by atoms with Crippen molar-refractivity contribution in [1.82, 2.24) is 20.2 Å². The maximum absolute atomic E-state index is 5.94. The second kappa shape index (κ2) is 3.82. The fourth-order valence-electron chi connectivity index (χ4n) is 1.80. The van der Waals surface area contributed by atoms with Crippen molar-refractivity contribution in [3.8, 4) is 11.4 Å². The minimum Gasteiger partial charge on any atom is -0.276 e. The first-order chi connectivity index (χ1) is 8.24. The van der Waals surface area contributed by atoms with Crippen LogP contribution in [0.3, 0.4) is 0 Å². The van der Waals surface area contributed by atoms with E-state index < -0.39 is 0 Å². The van der Waals surface area contributed by atoms with E-state index in [2.05, 4.69) is 20.2 Å². The number of nitrogens with one attached hydrogen (secondary N) is 1. The predicted molar refractivity (Wildman–Crippen MR) is 66.9 cm³/mol. The minimum absolute atomic E-state index is 0.243. The standard InChI is InChI=1S/C12H9ClN4/c1-7-2-3-8-10(6-7)15-12(13)16-11(8)9-4-5-14-17-9/h2-6H,1H3,(H,14,17). The van der Waals surface area contributed by atoms with Crippen molar-refractivity contribution in [3.63, 3.8) is 0 Å². The maximum atomic E-state index is 5.94. The molecule has 0 fully saturated rings. The number of rotatable bonds is 1. The van der Waals surface area contributed by atoms with E-state index in [-0.39, 0.29) is 5.28 Å². The highest BCUT2D eigenvalue weighted by Gasteiger charge is 2.09.